The number of aromatic amines is 1. The van der Waals surface area contributed by atoms with E-state index in [1.807, 2.05) is 53.1 Å². The van der Waals surface area contributed by atoms with E-state index >= 15 is 0 Å². The highest BCUT2D eigenvalue weighted by Gasteiger charge is 2.37. The number of nitrogens with one attached hydrogen (secondary N) is 2. The van der Waals surface area contributed by atoms with E-state index in [4.69, 9.17) is 4.74 Å². The first-order valence-corrected chi connectivity index (χ1v) is 17.2. The lowest BCUT2D eigenvalue weighted by molar-refractivity contribution is -0.142. The van der Waals surface area contributed by atoms with Crippen LogP contribution in [-0.4, -0.2) is 112 Å². The van der Waals surface area contributed by atoms with Crippen LogP contribution in [0.4, 0.5) is 15.3 Å². The Bertz CT molecular complexity index is 1600. The quantitative estimate of drug-likeness (QED) is 0.408. The van der Waals surface area contributed by atoms with E-state index in [0.29, 0.717) is 51.5 Å². The molecule has 0 spiro atoms. The largest absolute Gasteiger partial charge is 0.436 e. The molecule has 12 nitrogen and oxygen atoms in total. The number of amides is 4. The average Bonchev–Trinajstić information content (AvgIpc) is 3.57. The normalized spacial score (nSPS) is 21.1. The van der Waals surface area contributed by atoms with Gasteiger partial charge in [0.25, 0.3) is 5.91 Å². The van der Waals surface area contributed by atoms with Gasteiger partial charge in [-0.1, -0.05) is 29.5 Å². The van der Waals surface area contributed by atoms with Crippen molar-refractivity contribution in [3.05, 3.63) is 53.1 Å². The summed E-state index contributed by atoms with van der Waals surface area (Å²) in [6.45, 7) is 7.13. The number of benzene rings is 2. The fourth-order valence-corrected chi connectivity index (χ4v) is 8.07. The van der Waals surface area contributed by atoms with Crippen molar-refractivity contribution in [1.82, 2.24) is 35.0 Å². The Morgan fingerprint density at radius 3 is 2.36 bits per heavy atom. The van der Waals surface area contributed by atoms with Crippen LogP contribution in [0.15, 0.2) is 36.4 Å². The molecule has 2 N–H and O–H groups in total. The number of hydrogen-bond acceptors (Lipinski definition) is 7. The highest BCUT2D eigenvalue weighted by atomic mass is 16.6. The number of fused-ring (bicyclic) bond motifs is 2. The molecular formula is C35H46N8O4. The zero-order valence-electron chi connectivity index (χ0n) is 27.5. The van der Waals surface area contributed by atoms with Crippen LogP contribution in [0.25, 0.3) is 11.0 Å². The van der Waals surface area contributed by atoms with Crippen LogP contribution < -0.4 is 5.32 Å². The minimum Gasteiger partial charge on any atom is -0.436 e. The van der Waals surface area contributed by atoms with Crippen molar-refractivity contribution < 1.29 is 19.1 Å². The molecule has 0 saturated carbocycles. The van der Waals surface area contributed by atoms with Gasteiger partial charge in [-0.25, -0.2) is 9.59 Å². The van der Waals surface area contributed by atoms with E-state index in [2.05, 4.69) is 32.7 Å². The van der Waals surface area contributed by atoms with Gasteiger partial charge in [0.15, 0.2) is 6.10 Å². The number of H-pyrrole nitrogens is 1. The number of aromatic nitrogens is 3. The van der Waals surface area contributed by atoms with E-state index in [0.717, 1.165) is 65.3 Å². The third-order valence-corrected chi connectivity index (χ3v) is 10.9. The van der Waals surface area contributed by atoms with Crippen LogP contribution in [0.1, 0.15) is 55.2 Å². The topological polar surface area (TPSA) is 127 Å². The standard InChI is InChI=1S/C35H46N8O4/c1-23-19-24(20-30-32(23)38-39-37-30)21-31(33(44)41-15-9-26(10-16-41)25-7-13-40(2)14-8-25)47-35(46)42-17-11-28(12-18-42)43-22-27-5-3-4-6-29(27)36-34(43)45/h3-6,19-20,25-26,28,31H,7-18,21-22H2,1-2H3,(H,36,45)(H,37,38,39). The van der Waals surface area contributed by atoms with Gasteiger partial charge >= 0.3 is 12.1 Å². The summed E-state index contributed by atoms with van der Waals surface area (Å²) in [7, 11) is 2.19. The number of aryl methyl sites for hydroxylation is 1. The van der Waals surface area contributed by atoms with Gasteiger partial charge < -0.3 is 29.7 Å². The Labute approximate surface area is 275 Å². The van der Waals surface area contributed by atoms with Gasteiger partial charge in [-0.15, -0.1) is 5.10 Å². The lowest BCUT2D eigenvalue weighted by Gasteiger charge is -2.41. The molecule has 0 aliphatic carbocycles. The molecule has 12 heteroatoms. The average molecular weight is 643 g/mol. The maximum atomic E-state index is 14.1. The zero-order chi connectivity index (χ0) is 32.5. The Morgan fingerprint density at radius 2 is 1.62 bits per heavy atom. The lowest BCUT2D eigenvalue weighted by Crippen LogP contribution is -2.52. The molecule has 47 heavy (non-hydrogen) atoms. The van der Waals surface area contributed by atoms with Crippen molar-refractivity contribution in [2.24, 2.45) is 11.8 Å². The predicted molar refractivity (Wildman–Crippen MR) is 178 cm³/mol. The second kappa shape index (κ2) is 13.5. The smallest absolute Gasteiger partial charge is 0.410 e. The zero-order valence-corrected chi connectivity index (χ0v) is 27.5. The fourth-order valence-electron chi connectivity index (χ4n) is 8.07. The number of likely N-dealkylation sites (tertiary alicyclic amines) is 3. The Hall–Kier alpha value is -4.19. The van der Waals surface area contributed by atoms with Crippen LogP contribution in [-0.2, 0) is 22.5 Å². The predicted octanol–water partition coefficient (Wildman–Crippen LogP) is 4.41. The Balaban J connectivity index is 1.00. The molecule has 250 valence electrons. The van der Waals surface area contributed by atoms with E-state index < -0.39 is 12.2 Å². The fraction of sp³-hybridized carbons (Fsp3) is 0.571. The molecule has 1 unspecified atom stereocenters. The number of carbonyl (C=O) groups is 3. The molecule has 7 rings (SSSR count). The van der Waals surface area contributed by atoms with Crippen molar-refractivity contribution in [1.29, 1.82) is 0 Å². The Kier molecular flexibility index (Phi) is 9.02. The van der Waals surface area contributed by atoms with Crippen LogP contribution in [0, 0.1) is 18.8 Å². The first-order valence-electron chi connectivity index (χ1n) is 17.2. The van der Waals surface area contributed by atoms with Crippen LogP contribution >= 0.6 is 0 Å². The van der Waals surface area contributed by atoms with E-state index in [9.17, 15) is 14.4 Å². The number of urea groups is 1. The van der Waals surface area contributed by atoms with Gasteiger partial charge in [0.05, 0.1) is 5.52 Å². The molecule has 4 amide bonds. The first kappa shape index (κ1) is 31.4. The molecule has 5 heterocycles. The summed E-state index contributed by atoms with van der Waals surface area (Å²) in [6, 6.07) is 11.7. The van der Waals surface area contributed by atoms with Gasteiger partial charge in [-0.05, 0) is 106 Å². The molecule has 3 saturated heterocycles. The third kappa shape index (κ3) is 6.79. The van der Waals surface area contributed by atoms with Crippen molar-refractivity contribution in [2.45, 2.75) is 70.6 Å². The third-order valence-electron chi connectivity index (χ3n) is 10.9. The highest BCUT2D eigenvalue weighted by molar-refractivity contribution is 5.92. The second-order valence-corrected chi connectivity index (χ2v) is 13.9. The molecule has 4 aliphatic rings. The van der Waals surface area contributed by atoms with Crippen molar-refractivity contribution >= 4 is 34.8 Å². The van der Waals surface area contributed by atoms with Crippen LogP contribution in [0.2, 0.25) is 0 Å². The summed E-state index contributed by atoms with van der Waals surface area (Å²) in [4.78, 5) is 48.5. The minimum atomic E-state index is -0.937. The maximum Gasteiger partial charge on any atom is 0.410 e. The number of hydrogen-bond donors (Lipinski definition) is 2. The maximum absolute atomic E-state index is 14.1. The Morgan fingerprint density at radius 1 is 0.936 bits per heavy atom. The molecule has 1 aromatic heterocycles. The minimum absolute atomic E-state index is 0.0212. The number of piperidine rings is 3. The van der Waals surface area contributed by atoms with E-state index in [1.165, 1.54) is 12.8 Å². The van der Waals surface area contributed by atoms with Gasteiger partial charge in [-0.3, -0.25) is 9.89 Å². The summed E-state index contributed by atoms with van der Waals surface area (Å²) in [6.07, 6.45) is 4.60. The lowest BCUT2D eigenvalue weighted by atomic mass is 9.79. The van der Waals surface area contributed by atoms with Crippen LogP contribution in [0.3, 0.4) is 0 Å². The molecular weight excluding hydrogens is 596 g/mol. The number of rotatable bonds is 6. The molecule has 3 aromatic rings. The molecule has 1 atom stereocenters. The van der Waals surface area contributed by atoms with Gasteiger partial charge in [0.2, 0.25) is 0 Å². The first-order chi connectivity index (χ1) is 22.8. The van der Waals surface area contributed by atoms with Crippen molar-refractivity contribution in [2.75, 3.05) is 51.6 Å². The van der Waals surface area contributed by atoms with E-state index in [1.54, 1.807) is 4.90 Å². The summed E-state index contributed by atoms with van der Waals surface area (Å²) in [5.41, 5.74) is 5.39. The molecule has 0 bridgehead atoms. The van der Waals surface area contributed by atoms with Gasteiger partial charge in [0, 0.05) is 50.9 Å². The van der Waals surface area contributed by atoms with Crippen LogP contribution in [0.5, 0.6) is 0 Å². The SMILES string of the molecule is Cc1cc(CC(OC(=O)N2CCC(N3Cc4ccccc4NC3=O)CC2)C(=O)N2CCC(C3CCN(C)CC3)CC2)cc2nn[nH]c12. The summed E-state index contributed by atoms with van der Waals surface area (Å²) < 4.78 is 6.10. The van der Waals surface area contributed by atoms with Crippen molar-refractivity contribution in [3.63, 3.8) is 0 Å². The summed E-state index contributed by atoms with van der Waals surface area (Å²) in [5, 5.41) is 14.0. The molecule has 3 fully saturated rings. The number of carbonyl (C=O) groups excluding carboxylic acids is 3. The van der Waals surface area contributed by atoms with Gasteiger partial charge in [0.1, 0.15) is 5.52 Å². The number of anilines is 1. The number of para-hydroxylation sites is 1. The summed E-state index contributed by atoms with van der Waals surface area (Å²) in [5.74, 6) is 1.24. The highest BCUT2D eigenvalue weighted by Crippen LogP contribution is 2.33. The number of ether oxygens (including phenoxy) is 1. The van der Waals surface area contributed by atoms with Crippen molar-refractivity contribution in [3.8, 4) is 0 Å². The second-order valence-electron chi connectivity index (χ2n) is 13.9. The molecule has 0 radical (unpaired) electrons. The van der Waals surface area contributed by atoms with Gasteiger partial charge in [-0.2, -0.15) is 0 Å². The summed E-state index contributed by atoms with van der Waals surface area (Å²) >= 11 is 0. The van der Waals surface area contributed by atoms with E-state index in [-0.39, 0.29) is 24.4 Å². The number of nitrogens with zero attached hydrogens (tertiary/aromatic N) is 6. The molecule has 4 aliphatic heterocycles. The molecule has 2 aromatic carbocycles. The monoisotopic (exact) mass is 642 g/mol.